The second-order valence-corrected chi connectivity index (χ2v) is 6.98. The number of aliphatic imine (C=N–C) groups is 1. The van der Waals surface area contributed by atoms with Crippen LogP contribution in [0.3, 0.4) is 0 Å². The van der Waals surface area contributed by atoms with E-state index in [1.165, 1.54) is 6.07 Å². The highest BCUT2D eigenvalue weighted by molar-refractivity contribution is 5.80. The Labute approximate surface area is 159 Å². The molecule has 3 rings (SSSR count). The van der Waals surface area contributed by atoms with E-state index in [0.29, 0.717) is 18.9 Å². The first kappa shape index (κ1) is 19.1. The van der Waals surface area contributed by atoms with Crippen LogP contribution in [0.1, 0.15) is 36.3 Å². The summed E-state index contributed by atoms with van der Waals surface area (Å²) in [5.74, 6) is 1.97. The summed E-state index contributed by atoms with van der Waals surface area (Å²) in [6.45, 7) is 8.19. The quantitative estimate of drug-likeness (QED) is 0.618. The monoisotopic (exact) mass is 374 g/mol. The number of anilines is 1. The van der Waals surface area contributed by atoms with E-state index >= 15 is 0 Å². The van der Waals surface area contributed by atoms with E-state index in [4.69, 9.17) is 4.52 Å². The van der Waals surface area contributed by atoms with Gasteiger partial charge in [-0.25, -0.2) is 9.37 Å². The van der Waals surface area contributed by atoms with Crippen LogP contribution < -0.4 is 15.5 Å². The molecule has 2 atom stereocenters. The van der Waals surface area contributed by atoms with Gasteiger partial charge in [0.25, 0.3) is 0 Å². The highest BCUT2D eigenvalue weighted by Crippen LogP contribution is 2.23. The number of hydrogen-bond donors (Lipinski definition) is 2. The van der Waals surface area contributed by atoms with Crippen molar-refractivity contribution in [3.63, 3.8) is 0 Å². The van der Waals surface area contributed by atoms with Gasteiger partial charge in [-0.2, -0.15) is 0 Å². The molecule has 2 unspecified atom stereocenters. The summed E-state index contributed by atoms with van der Waals surface area (Å²) in [4.78, 5) is 10.4. The first-order valence-electron chi connectivity index (χ1n) is 9.25. The Morgan fingerprint density at radius 1 is 1.48 bits per heavy atom. The van der Waals surface area contributed by atoms with Gasteiger partial charge in [0.1, 0.15) is 5.76 Å². The molecule has 1 aliphatic heterocycles. The van der Waals surface area contributed by atoms with Crippen molar-refractivity contribution in [1.29, 1.82) is 0 Å². The molecule has 2 aromatic rings. The Hall–Kier alpha value is -2.64. The number of guanidine groups is 1. The third-order valence-corrected chi connectivity index (χ3v) is 4.95. The van der Waals surface area contributed by atoms with E-state index in [2.05, 4.69) is 32.7 Å². The van der Waals surface area contributed by atoms with Crippen LogP contribution in [0.25, 0.3) is 0 Å². The second kappa shape index (κ2) is 8.37. The fraction of sp³-hybridized carbons (Fsp3) is 0.526. The predicted octanol–water partition coefficient (Wildman–Crippen LogP) is 2.37. The van der Waals surface area contributed by atoms with Gasteiger partial charge in [0, 0.05) is 50.4 Å². The molecule has 0 amide bonds. The van der Waals surface area contributed by atoms with Crippen LogP contribution in [0.4, 0.5) is 10.2 Å². The average molecular weight is 374 g/mol. The van der Waals surface area contributed by atoms with Crippen molar-refractivity contribution in [3.05, 3.63) is 41.2 Å². The SMILES string of the molecule is CN=C(NCC(C)c1c(C)noc1C)NC1CCN(c2ncccc2F)C1. The minimum Gasteiger partial charge on any atom is -0.361 e. The van der Waals surface area contributed by atoms with Crippen LogP contribution in [-0.2, 0) is 0 Å². The molecule has 0 spiro atoms. The lowest BCUT2D eigenvalue weighted by atomic mass is 10.00. The summed E-state index contributed by atoms with van der Waals surface area (Å²) in [5, 5.41) is 10.8. The molecule has 0 bridgehead atoms. The normalized spacial score (nSPS) is 18.6. The molecular weight excluding hydrogens is 347 g/mol. The second-order valence-electron chi connectivity index (χ2n) is 6.98. The third kappa shape index (κ3) is 4.37. The number of aryl methyl sites for hydroxylation is 2. The molecule has 1 fully saturated rings. The van der Waals surface area contributed by atoms with Crippen molar-refractivity contribution in [2.24, 2.45) is 4.99 Å². The number of nitrogens with one attached hydrogen (secondary N) is 2. The molecular formula is C19H27FN6O. The van der Waals surface area contributed by atoms with Crippen molar-refractivity contribution in [2.75, 3.05) is 31.6 Å². The van der Waals surface area contributed by atoms with Crippen LogP contribution >= 0.6 is 0 Å². The Bertz CT molecular complexity index is 786. The lowest BCUT2D eigenvalue weighted by molar-refractivity contribution is 0.391. The molecule has 1 aliphatic rings. The number of aromatic nitrogens is 2. The summed E-state index contributed by atoms with van der Waals surface area (Å²) in [6, 6.07) is 3.24. The van der Waals surface area contributed by atoms with Crippen molar-refractivity contribution in [1.82, 2.24) is 20.8 Å². The van der Waals surface area contributed by atoms with Crippen LogP contribution in [0.2, 0.25) is 0 Å². The van der Waals surface area contributed by atoms with Gasteiger partial charge in [-0.15, -0.1) is 0 Å². The van der Waals surface area contributed by atoms with Gasteiger partial charge in [-0.3, -0.25) is 4.99 Å². The summed E-state index contributed by atoms with van der Waals surface area (Å²) < 4.78 is 19.2. The van der Waals surface area contributed by atoms with Gasteiger partial charge in [0.2, 0.25) is 0 Å². The van der Waals surface area contributed by atoms with Crippen LogP contribution in [0.5, 0.6) is 0 Å². The van der Waals surface area contributed by atoms with Crippen molar-refractivity contribution >= 4 is 11.8 Å². The summed E-state index contributed by atoms with van der Waals surface area (Å²) >= 11 is 0. The molecule has 0 aromatic carbocycles. The van der Waals surface area contributed by atoms with Crippen molar-refractivity contribution in [2.45, 2.75) is 39.2 Å². The molecule has 0 aliphatic carbocycles. The minimum absolute atomic E-state index is 0.187. The van der Waals surface area contributed by atoms with Gasteiger partial charge < -0.3 is 20.1 Å². The van der Waals surface area contributed by atoms with Crippen LogP contribution in [-0.4, -0.2) is 48.8 Å². The predicted molar refractivity (Wildman–Crippen MR) is 104 cm³/mol. The first-order valence-corrected chi connectivity index (χ1v) is 9.25. The molecule has 146 valence electrons. The van der Waals surface area contributed by atoms with E-state index in [-0.39, 0.29) is 17.8 Å². The topological polar surface area (TPSA) is 78.6 Å². The van der Waals surface area contributed by atoms with Crippen molar-refractivity contribution in [3.8, 4) is 0 Å². The van der Waals surface area contributed by atoms with Crippen LogP contribution in [0, 0.1) is 19.7 Å². The maximum absolute atomic E-state index is 13.9. The Balaban J connectivity index is 1.53. The van der Waals surface area contributed by atoms with E-state index in [0.717, 1.165) is 35.9 Å². The zero-order chi connectivity index (χ0) is 19.4. The van der Waals surface area contributed by atoms with Crippen molar-refractivity contribution < 1.29 is 8.91 Å². The smallest absolute Gasteiger partial charge is 0.191 e. The summed E-state index contributed by atoms with van der Waals surface area (Å²) in [6.07, 6.45) is 2.52. The number of rotatable bonds is 5. The molecule has 3 heterocycles. The van der Waals surface area contributed by atoms with E-state index < -0.39 is 0 Å². The third-order valence-electron chi connectivity index (χ3n) is 4.95. The van der Waals surface area contributed by atoms with Gasteiger partial charge in [0.05, 0.1) is 5.69 Å². The van der Waals surface area contributed by atoms with E-state index in [9.17, 15) is 4.39 Å². The van der Waals surface area contributed by atoms with E-state index in [1.807, 2.05) is 18.7 Å². The standard InChI is InChI=1S/C19H27FN6O/c1-12(17-13(2)25-27-14(17)3)10-23-19(21-4)24-15-7-9-26(11-15)18-16(20)6-5-8-22-18/h5-6,8,12,15H,7,9-11H2,1-4H3,(H2,21,23,24). The Kier molecular flexibility index (Phi) is 5.93. The van der Waals surface area contributed by atoms with E-state index in [1.54, 1.807) is 19.3 Å². The molecule has 8 heteroatoms. The molecule has 7 nitrogen and oxygen atoms in total. The molecule has 0 radical (unpaired) electrons. The number of pyridine rings is 1. The highest BCUT2D eigenvalue weighted by Gasteiger charge is 2.26. The highest BCUT2D eigenvalue weighted by atomic mass is 19.1. The minimum atomic E-state index is -0.283. The number of nitrogens with zero attached hydrogens (tertiary/aromatic N) is 4. The Morgan fingerprint density at radius 2 is 2.30 bits per heavy atom. The largest absolute Gasteiger partial charge is 0.361 e. The zero-order valence-corrected chi connectivity index (χ0v) is 16.3. The number of halogens is 1. The fourth-order valence-corrected chi connectivity index (χ4v) is 3.61. The zero-order valence-electron chi connectivity index (χ0n) is 16.3. The Morgan fingerprint density at radius 3 is 2.96 bits per heavy atom. The first-order chi connectivity index (χ1) is 13.0. The molecule has 2 N–H and O–H groups in total. The lowest BCUT2D eigenvalue weighted by Crippen LogP contribution is -2.45. The lowest BCUT2D eigenvalue weighted by Gasteiger charge is -2.21. The number of hydrogen-bond acceptors (Lipinski definition) is 5. The van der Waals surface area contributed by atoms with Gasteiger partial charge in [0.15, 0.2) is 17.6 Å². The molecule has 0 saturated carbocycles. The van der Waals surface area contributed by atoms with Gasteiger partial charge >= 0.3 is 0 Å². The fourth-order valence-electron chi connectivity index (χ4n) is 3.61. The van der Waals surface area contributed by atoms with Gasteiger partial charge in [-0.05, 0) is 32.4 Å². The molecule has 2 aromatic heterocycles. The maximum Gasteiger partial charge on any atom is 0.191 e. The summed E-state index contributed by atoms with van der Waals surface area (Å²) in [5.41, 5.74) is 2.06. The molecule has 27 heavy (non-hydrogen) atoms. The average Bonchev–Trinajstić information content (AvgIpc) is 3.25. The molecule has 1 saturated heterocycles. The maximum atomic E-state index is 13.9. The van der Waals surface area contributed by atoms with Gasteiger partial charge in [-0.1, -0.05) is 12.1 Å². The van der Waals surface area contributed by atoms with Crippen LogP contribution in [0.15, 0.2) is 27.8 Å². The summed E-state index contributed by atoms with van der Waals surface area (Å²) in [7, 11) is 1.75.